The molecule has 2 N–H and O–H groups in total. The van der Waals surface area contributed by atoms with E-state index in [1.807, 2.05) is 28.8 Å². The second-order valence-electron chi connectivity index (χ2n) is 7.94. The van der Waals surface area contributed by atoms with Crippen LogP contribution in [0.25, 0.3) is 5.65 Å². The lowest BCUT2D eigenvalue weighted by Crippen LogP contribution is -2.36. The van der Waals surface area contributed by atoms with Crippen molar-refractivity contribution in [3.8, 4) is 0 Å². The molecule has 0 amide bonds. The first-order valence-electron chi connectivity index (χ1n) is 10.9. The molecule has 0 bridgehead atoms. The molecule has 7 heteroatoms. The molecule has 7 nitrogen and oxygen atoms in total. The Bertz CT molecular complexity index is 1230. The maximum absolute atomic E-state index is 4.32. The Morgan fingerprint density at radius 2 is 1.69 bits per heavy atom. The van der Waals surface area contributed by atoms with Crippen molar-refractivity contribution >= 4 is 17.3 Å². The number of aliphatic imine (C=N–C) groups is 1. The largest absolute Gasteiger partial charge is 0.367 e. The van der Waals surface area contributed by atoms with Gasteiger partial charge in [0.25, 0.3) is 0 Å². The summed E-state index contributed by atoms with van der Waals surface area (Å²) >= 11 is 0. The minimum absolute atomic E-state index is 0.543. The fourth-order valence-corrected chi connectivity index (χ4v) is 4.13. The van der Waals surface area contributed by atoms with Gasteiger partial charge in [-0.3, -0.25) is 9.39 Å². The van der Waals surface area contributed by atoms with E-state index < -0.39 is 0 Å². The lowest BCUT2D eigenvalue weighted by molar-refractivity contribution is 0.762. The van der Waals surface area contributed by atoms with Crippen LogP contribution in [-0.4, -0.2) is 34.2 Å². The van der Waals surface area contributed by atoms with E-state index in [9.17, 15) is 0 Å². The molecule has 1 aliphatic heterocycles. The van der Waals surface area contributed by atoms with Gasteiger partial charge in [-0.15, -0.1) is 10.2 Å². The Morgan fingerprint density at radius 1 is 0.906 bits per heavy atom. The lowest BCUT2D eigenvalue weighted by Gasteiger charge is -2.19. The summed E-state index contributed by atoms with van der Waals surface area (Å²) < 4.78 is 1.97. The number of fused-ring (bicyclic) bond motifs is 2. The van der Waals surface area contributed by atoms with Crippen molar-refractivity contribution in [2.24, 2.45) is 4.99 Å². The van der Waals surface area contributed by atoms with Crippen LogP contribution in [0.3, 0.4) is 0 Å². The number of pyridine rings is 1. The molecule has 5 rings (SSSR count). The molecule has 0 unspecified atom stereocenters. The highest BCUT2D eigenvalue weighted by Crippen LogP contribution is 2.28. The number of nitrogens with zero attached hydrogens (tertiary/aromatic N) is 5. The minimum atomic E-state index is 0.543. The number of guanidine groups is 1. The summed E-state index contributed by atoms with van der Waals surface area (Å²) in [6.45, 7) is 3.28. The van der Waals surface area contributed by atoms with E-state index in [1.165, 1.54) is 22.4 Å². The van der Waals surface area contributed by atoms with Crippen molar-refractivity contribution in [1.82, 2.24) is 25.2 Å². The predicted octanol–water partition coefficient (Wildman–Crippen LogP) is 3.16. The number of anilines is 1. The summed E-state index contributed by atoms with van der Waals surface area (Å²) in [5.41, 5.74) is 6.20. The van der Waals surface area contributed by atoms with Crippen LogP contribution in [0.5, 0.6) is 0 Å². The molecule has 0 radical (unpaired) electrons. The molecule has 0 spiro atoms. The van der Waals surface area contributed by atoms with E-state index in [0.29, 0.717) is 13.1 Å². The van der Waals surface area contributed by atoms with Crippen LogP contribution in [0.15, 0.2) is 77.9 Å². The van der Waals surface area contributed by atoms with Crippen LogP contribution in [0.1, 0.15) is 22.5 Å². The molecule has 0 saturated carbocycles. The van der Waals surface area contributed by atoms with Gasteiger partial charge in [0.05, 0.1) is 6.54 Å². The fourth-order valence-electron chi connectivity index (χ4n) is 4.13. The zero-order chi connectivity index (χ0) is 21.8. The SMILES string of the molecule is CN=C(NCc1ccc(CN2CCc3ccccc32)cc1)NCc1nnc2ccccn12. The summed E-state index contributed by atoms with van der Waals surface area (Å²) in [5.74, 6) is 1.58. The number of aromatic nitrogens is 3. The third-order valence-corrected chi connectivity index (χ3v) is 5.86. The normalized spacial score (nSPS) is 13.4. The Kier molecular flexibility index (Phi) is 5.70. The molecular formula is C25H27N7. The molecule has 162 valence electrons. The van der Waals surface area contributed by atoms with Gasteiger partial charge in [-0.05, 0) is 41.3 Å². The Balaban J connectivity index is 1.14. The van der Waals surface area contributed by atoms with Crippen molar-refractivity contribution in [1.29, 1.82) is 0 Å². The van der Waals surface area contributed by atoms with E-state index >= 15 is 0 Å². The van der Waals surface area contributed by atoms with Gasteiger partial charge in [0.15, 0.2) is 17.4 Å². The quantitative estimate of drug-likeness (QED) is 0.367. The summed E-state index contributed by atoms with van der Waals surface area (Å²) in [5, 5.41) is 15.1. The molecule has 0 fully saturated rings. The Labute approximate surface area is 187 Å². The summed E-state index contributed by atoms with van der Waals surface area (Å²) in [4.78, 5) is 6.78. The summed E-state index contributed by atoms with van der Waals surface area (Å²) in [6.07, 6.45) is 3.10. The van der Waals surface area contributed by atoms with Crippen molar-refractivity contribution in [2.45, 2.75) is 26.1 Å². The van der Waals surface area contributed by atoms with Gasteiger partial charge < -0.3 is 15.5 Å². The Morgan fingerprint density at radius 3 is 2.56 bits per heavy atom. The molecule has 1 aliphatic rings. The van der Waals surface area contributed by atoms with Crippen LogP contribution in [0.2, 0.25) is 0 Å². The lowest BCUT2D eigenvalue weighted by atomic mass is 10.1. The number of rotatable bonds is 6. The van der Waals surface area contributed by atoms with E-state index in [0.717, 1.165) is 36.9 Å². The van der Waals surface area contributed by atoms with Gasteiger partial charge in [0, 0.05) is 38.6 Å². The van der Waals surface area contributed by atoms with Crippen LogP contribution in [0.4, 0.5) is 5.69 Å². The van der Waals surface area contributed by atoms with Crippen molar-refractivity contribution in [2.75, 3.05) is 18.5 Å². The maximum atomic E-state index is 4.32. The highest BCUT2D eigenvalue weighted by Gasteiger charge is 2.18. The molecule has 2 aromatic carbocycles. The molecule has 4 aromatic rings. The van der Waals surface area contributed by atoms with Crippen LogP contribution < -0.4 is 15.5 Å². The van der Waals surface area contributed by atoms with Crippen LogP contribution in [-0.2, 0) is 26.1 Å². The number of nitrogens with one attached hydrogen (secondary N) is 2. The highest BCUT2D eigenvalue weighted by atomic mass is 15.3. The van der Waals surface area contributed by atoms with E-state index in [-0.39, 0.29) is 0 Å². The fraction of sp³-hybridized carbons (Fsp3) is 0.240. The Hall–Kier alpha value is -3.87. The first-order valence-corrected chi connectivity index (χ1v) is 10.9. The maximum Gasteiger partial charge on any atom is 0.191 e. The molecule has 2 aromatic heterocycles. The van der Waals surface area contributed by atoms with Gasteiger partial charge in [-0.2, -0.15) is 0 Å². The van der Waals surface area contributed by atoms with E-state index in [2.05, 4.69) is 79.3 Å². The summed E-state index contributed by atoms with van der Waals surface area (Å²) in [7, 11) is 1.77. The smallest absolute Gasteiger partial charge is 0.191 e. The third kappa shape index (κ3) is 4.27. The molecule has 0 atom stereocenters. The standard InChI is InChI=1S/C25H27N7/c1-26-25(28-17-24-30-29-23-8-4-5-14-32(23)24)27-16-19-9-11-20(12-10-19)18-31-15-13-21-6-2-3-7-22(21)31/h2-12,14H,13,15-18H2,1H3,(H2,26,27,28). The van der Waals surface area contributed by atoms with Crippen molar-refractivity contribution in [3.05, 3.63) is 95.4 Å². The van der Waals surface area contributed by atoms with Gasteiger partial charge in [-0.1, -0.05) is 48.5 Å². The van der Waals surface area contributed by atoms with Crippen molar-refractivity contribution in [3.63, 3.8) is 0 Å². The van der Waals surface area contributed by atoms with E-state index in [1.54, 1.807) is 7.05 Å². The van der Waals surface area contributed by atoms with Gasteiger partial charge >= 0.3 is 0 Å². The highest BCUT2D eigenvalue weighted by molar-refractivity contribution is 5.79. The summed E-state index contributed by atoms with van der Waals surface area (Å²) in [6, 6.07) is 23.4. The van der Waals surface area contributed by atoms with Gasteiger partial charge in [-0.25, -0.2) is 0 Å². The number of hydrogen-bond acceptors (Lipinski definition) is 4. The number of hydrogen-bond donors (Lipinski definition) is 2. The zero-order valence-corrected chi connectivity index (χ0v) is 18.2. The minimum Gasteiger partial charge on any atom is -0.367 e. The monoisotopic (exact) mass is 425 g/mol. The van der Waals surface area contributed by atoms with E-state index in [4.69, 9.17) is 0 Å². The second-order valence-corrected chi connectivity index (χ2v) is 7.94. The molecule has 0 aliphatic carbocycles. The third-order valence-electron chi connectivity index (χ3n) is 5.86. The average molecular weight is 426 g/mol. The first kappa shape index (κ1) is 20.1. The zero-order valence-electron chi connectivity index (χ0n) is 18.2. The predicted molar refractivity (Wildman–Crippen MR) is 128 cm³/mol. The topological polar surface area (TPSA) is 69.8 Å². The van der Waals surface area contributed by atoms with Gasteiger partial charge in [0.1, 0.15) is 0 Å². The molecule has 3 heterocycles. The number of benzene rings is 2. The molecular weight excluding hydrogens is 398 g/mol. The molecule has 0 saturated heterocycles. The number of para-hydroxylation sites is 1. The van der Waals surface area contributed by atoms with Crippen LogP contribution >= 0.6 is 0 Å². The first-order chi connectivity index (χ1) is 15.8. The average Bonchev–Trinajstić information content (AvgIpc) is 3.44. The second kappa shape index (κ2) is 9.09. The van der Waals surface area contributed by atoms with Gasteiger partial charge in [0.2, 0.25) is 0 Å². The molecule has 32 heavy (non-hydrogen) atoms. The van der Waals surface area contributed by atoms with Crippen LogP contribution in [0, 0.1) is 0 Å². The van der Waals surface area contributed by atoms with Crippen molar-refractivity contribution < 1.29 is 0 Å².